The van der Waals surface area contributed by atoms with Gasteiger partial charge in [0.2, 0.25) is 5.91 Å². The van der Waals surface area contributed by atoms with Crippen molar-refractivity contribution in [2.75, 3.05) is 32.7 Å². The van der Waals surface area contributed by atoms with Crippen molar-refractivity contribution >= 4 is 27.5 Å². The van der Waals surface area contributed by atoms with Crippen LogP contribution < -0.4 is 5.32 Å². The van der Waals surface area contributed by atoms with Crippen LogP contribution in [0, 0.1) is 0 Å². The number of fused-ring (bicyclic) bond motifs is 1. The van der Waals surface area contributed by atoms with Gasteiger partial charge in [0.25, 0.3) is 0 Å². The minimum Gasteiger partial charge on any atom is -0.348 e. The van der Waals surface area contributed by atoms with E-state index in [4.69, 9.17) is 4.98 Å². The second-order valence-corrected chi connectivity index (χ2v) is 9.13. The Morgan fingerprint density at radius 2 is 1.77 bits per heavy atom. The summed E-state index contributed by atoms with van der Waals surface area (Å²) in [5.74, 6) is 0.0988. The number of amides is 1. The SMILES string of the molecule is CCc1ccc([C@@H](C)NC(=O)CN2CCN(Cc3nc4ccccc4s3)CC2)cc1. The lowest BCUT2D eigenvalue weighted by Gasteiger charge is -2.34. The molecule has 0 radical (unpaired) electrons. The van der Waals surface area contributed by atoms with Gasteiger partial charge in [-0.2, -0.15) is 0 Å². The standard InChI is InChI=1S/C24H30N4OS/c1-3-19-8-10-20(11-9-19)18(2)25-23(29)16-27-12-14-28(15-13-27)17-24-26-21-6-4-5-7-22(21)30-24/h4-11,18H,3,12-17H2,1-2H3,(H,25,29)/t18-/m1/s1. The molecule has 1 aromatic heterocycles. The fourth-order valence-electron chi connectivity index (χ4n) is 3.90. The molecule has 1 N–H and O–H groups in total. The van der Waals surface area contributed by atoms with Gasteiger partial charge >= 0.3 is 0 Å². The number of nitrogens with zero attached hydrogens (tertiary/aromatic N) is 3. The van der Waals surface area contributed by atoms with Crippen molar-refractivity contribution in [3.8, 4) is 0 Å². The smallest absolute Gasteiger partial charge is 0.234 e. The van der Waals surface area contributed by atoms with Gasteiger partial charge in [0.1, 0.15) is 5.01 Å². The number of aryl methyl sites for hydroxylation is 1. The van der Waals surface area contributed by atoms with E-state index in [0.717, 1.165) is 50.2 Å². The maximum Gasteiger partial charge on any atom is 0.234 e. The van der Waals surface area contributed by atoms with Crippen molar-refractivity contribution in [3.05, 3.63) is 64.7 Å². The summed E-state index contributed by atoms with van der Waals surface area (Å²) in [5.41, 5.74) is 3.56. The molecular formula is C24H30N4OS. The number of para-hydroxylation sites is 1. The van der Waals surface area contributed by atoms with Crippen LogP contribution >= 0.6 is 11.3 Å². The number of nitrogens with one attached hydrogen (secondary N) is 1. The van der Waals surface area contributed by atoms with Crippen molar-refractivity contribution in [2.45, 2.75) is 32.9 Å². The van der Waals surface area contributed by atoms with Crippen LogP contribution in [0.2, 0.25) is 0 Å². The highest BCUT2D eigenvalue weighted by atomic mass is 32.1. The number of piperazine rings is 1. The second kappa shape index (κ2) is 9.69. The molecule has 1 saturated heterocycles. The minimum absolute atomic E-state index is 0.0312. The molecule has 4 rings (SSSR count). The van der Waals surface area contributed by atoms with Crippen molar-refractivity contribution in [2.24, 2.45) is 0 Å². The number of rotatable bonds is 7. The molecular weight excluding hydrogens is 392 g/mol. The third-order valence-electron chi connectivity index (χ3n) is 5.79. The lowest BCUT2D eigenvalue weighted by molar-refractivity contribution is -0.123. The zero-order valence-electron chi connectivity index (χ0n) is 17.8. The normalized spacial score (nSPS) is 16.6. The average molecular weight is 423 g/mol. The molecule has 0 unspecified atom stereocenters. The summed E-state index contributed by atoms with van der Waals surface area (Å²) in [4.78, 5) is 21.9. The monoisotopic (exact) mass is 422 g/mol. The third kappa shape index (κ3) is 5.25. The van der Waals surface area contributed by atoms with E-state index in [0.29, 0.717) is 6.54 Å². The highest BCUT2D eigenvalue weighted by molar-refractivity contribution is 7.18. The zero-order chi connectivity index (χ0) is 20.9. The van der Waals surface area contributed by atoms with Gasteiger partial charge in [-0.3, -0.25) is 14.6 Å². The fourth-order valence-corrected chi connectivity index (χ4v) is 4.91. The topological polar surface area (TPSA) is 48.5 Å². The van der Waals surface area contributed by atoms with Gasteiger partial charge in [-0.15, -0.1) is 11.3 Å². The van der Waals surface area contributed by atoms with Crippen LogP contribution in [-0.4, -0.2) is 53.4 Å². The first-order valence-corrected chi connectivity index (χ1v) is 11.6. The maximum absolute atomic E-state index is 12.5. The molecule has 1 aliphatic rings. The Labute approximate surface area is 182 Å². The maximum atomic E-state index is 12.5. The lowest BCUT2D eigenvalue weighted by Crippen LogP contribution is -2.49. The Balaban J connectivity index is 1.22. The van der Waals surface area contributed by atoms with Gasteiger partial charge in [0.05, 0.1) is 29.3 Å². The third-order valence-corrected chi connectivity index (χ3v) is 6.82. The molecule has 1 aliphatic heterocycles. The second-order valence-electron chi connectivity index (χ2n) is 8.01. The van der Waals surface area contributed by atoms with Crippen molar-refractivity contribution in [1.82, 2.24) is 20.1 Å². The zero-order valence-corrected chi connectivity index (χ0v) is 18.6. The predicted octanol–water partition coefficient (Wildman–Crippen LogP) is 3.85. The molecule has 2 heterocycles. The van der Waals surface area contributed by atoms with E-state index in [2.05, 4.69) is 71.4 Å². The van der Waals surface area contributed by atoms with Crippen LogP contribution in [0.25, 0.3) is 10.2 Å². The summed E-state index contributed by atoms with van der Waals surface area (Å²) in [6.07, 6.45) is 1.03. The fraction of sp³-hybridized carbons (Fsp3) is 0.417. The Hall–Kier alpha value is -2.28. The van der Waals surface area contributed by atoms with E-state index >= 15 is 0 Å². The number of hydrogen-bond acceptors (Lipinski definition) is 5. The first-order chi connectivity index (χ1) is 14.6. The quantitative estimate of drug-likeness (QED) is 0.628. The molecule has 1 amide bonds. The number of carbonyl (C=O) groups is 1. The van der Waals surface area contributed by atoms with Crippen molar-refractivity contribution in [1.29, 1.82) is 0 Å². The van der Waals surface area contributed by atoms with Crippen LogP contribution in [0.15, 0.2) is 48.5 Å². The van der Waals surface area contributed by atoms with E-state index in [1.807, 2.05) is 6.07 Å². The molecule has 0 spiro atoms. The molecule has 2 aromatic carbocycles. The predicted molar refractivity (Wildman–Crippen MR) is 124 cm³/mol. The average Bonchev–Trinajstić information content (AvgIpc) is 3.17. The summed E-state index contributed by atoms with van der Waals surface area (Å²) in [7, 11) is 0. The largest absolute Gasteiger partial charge is 0.348 e. The lowest BCUT2D eigenvalue weighted by atomic mass is 10.1. The van der Waals surface area contributed by atoms with Crippen molar-refractivity contribution in [3.63, 3.8) is 0 Å². The van der Waals surface area contributed by atoms with Gasteiger partial charge in [-0.25, -0.2) is 4.98 Å². The van der Waals surface area contributed by atoms with Gasteiger partial charge < -0.3 is 5.32 Å². The van der Waals surface area contributed by atoms with Crippen LogP contribution in [0.3, 0.4) is 0 Å². The van der Waals surface area contributed by atoms with E-state index in [9.17, 15) is 4.79 Å². The molecule has 0 bridgehead atoms. The number of benzene rings is 2. The Morgan fingerprint density at radius 1 is 1.07 bits per heavy atom. The molecule has 158 valence electrons. The number of hydrogen-bond donors (Lipinski definition) is 1. The van der Waals surface area contributed by atoms with Gasteiger partial charge in [0.15, 0.2) is 0 Å². The van der Waals surface area contributed by atoms with E-state index in [1.165, 1.54) is 15.3 Å². The number of thiazole rings is 1. The highest BCUT2D eigenvalue weighted by Gasteiger charge is 2.21. The highest BCUT2D eigenvalue weighted by Crippen LogP contribution is 2.23. The van der Waals surface area contributed by atoms with Crippen LogP contribution in [0.1, 0.15) is 36.0 Å². The first kappa shape index (κ1) is 21.0. The van der Waals surface area contributed by atoms with E-state index < -0.39 is 0 Å². The summed E-state index contributed by atoms with van der Waals surface area (Å²) in [5, 5.41) is 4.32. The van der Waals surface area contributed by atoms with Crippen LogP contribution in [0.4, 0.5) is 0 Å². The molecule has 30 heavy (non-hydrogen) atoms. The van der Waals surface area contributed by atoms with Gasteiger partial charge in [0, 0.05) is 26.2 Å². The van der Waals surface area contributed by atoms with Crippen molar-refractivity contribution < 1.29 is 4.79 Å². The van der Waals surface area contributed by atoms with Gasteiger partial charge in [-0.1, -0.05) is 43.3 Å². The number of aromatic nitrogens is 1. The molecule has 0 aliphatic carbocycles. The van der Waals surface area contributed by atoms with E-state index in [-0.39, 0.29) is 11.9 Å². The van der Waals surface area contributed by atoms with Crippen LogP contribution in [-0.2, 0) is 17.8 Å². The summed E-state index contributed by atoms with van der Waals surface area (Å²) in [6.45, 7) is 9.33. The van der Waals surface area contributed by atoms with E-state index in [1.54, 1.807) is 11.3 Å². The van der Waals surface area contributed by atoms with Crippen LogP contribution in [0.5, 0.6) is 0 Å². The molecule has 6 heteroatoms. The number of carbonyl (C=O) groups excluding carboxylic acids is 1. The summed E-state index contributed by atoms with van der Waals surface area (Å²) < 4.78 is 1.25. The Morgan fingerprint density at radius 3 is 2.47 bits per heavy atom. The molecule has 5 nitrogen and oxygen atoms in total. The molecule has 1 atom stereocenters. The molecule has 0 saturated carbocycles. The Kier molecular flexibility index (Phi) is 6.77. The molecule has 3 aromatic rings. The minimum atomic E-state index is 0.0312. The Bertz CT molecular complexity index is 943. The molecule has 1 fully saturated rings. The first-order valence-electron chi connectivity index (χ1n) is 10.8. The summed E-state index contributed by atoms with van der Waals surface area (Å²) in [6, 6.07) is 16.9. The van der Waals surface area contributed by atoms with Gasteiger partial charge in [-0.05, 0) is 36.6 Å². The summed E-state index contributed by atoms with van der Waals surface area (Å²) >= 11 is 1.78.